The Morgan fingerprint density at radius 3 is 2.50 bits per heavy atom. The normalized spacial score (nSPS) is 11.0. The van der Waals surface area contributed by atoms with E-state index in [4.69, 9.17) is 0 Å². The maximum atomic E-state index is 13.8. The molecular weight excluding hydrogens is 351 g/mol. The first-order valence-electron chi connectivity index (χ1n) is 8.87. The summed E-state index contributed by atoms with van der Waals surface area (Å²) >= 11 is 0. The van der Waals surface area contributed by atoms with Crippen LogP contribution in [0.15, 0.2) is 78.4 Å². The van der Waals surface area contributed by atoms with E-state index in [1.165, 1.54) is 12.1 Å². The summed E-state index contributed by atoms with van der Waals surface area (Å²) in [7, 11) is 0. The molecule has 0 saturated carbocycles. The van der Waals surface area contributed by atoms with Crippen molar-refractivity contribution in [1.82, 2.24) is 0 Å². The van der Waals surface area contributed by atoms with Crippen LogP contribution in [0.3, 0.4) is 0 Å². The Morgan fingerprint density at radius 1 is 1.07 bits per heavy atom. The van der Waals surface area contributed by atoms with Crippen LogP contribution in [0.2, 0.25) is 0 Å². The maximum absolute atomic E-state index is 13.8. The van der Waals surface area contributed by atoms with Gasteiger partial charge in [-0.05, 0) is 53.5 Å². The molecule has 0 aliphatic rings. The number of hydrogen-bond donors (Lipinski definition) is 1. The number of carbonyl (C=O) groups excluding carboxylic acids is 1. The van der Waals surface area contributed by atoms with Crippen molar-refractivity contribution >= 4 is 17.7 Å². The second kappa shape index (κ2) is 8.79. The minimum atomic E-state index is -0.455. The van der Waals surface area contributed by atoms with Crippen LogP contribution in [-0.4, -0.2) is 5.91 Å². The predicted octanol–water partition coefficient (Wildman–Crippen LogP) is 5.27. The average Bonchev–Trinajstić information content (AvgIpc) is 2.69. The van der Waals surface area contributed by atoms with Gasteiger partial charge in [0.15, 0.2) is 0 Å². The van der Waals surface area contributed by atoms with E-state index in [1.54, 1.807) is 18.2 Å². The second-order valence-corrected chi connectivity index (χ2v) is 6.50. The summed E-state index contributed by atoms with van der Waals surface area (Å²) in [5.74, 6) is -0.686. The topological polar surface area (TPSA) is 52.9 Å². The van der Waals surface area contributed by atoms with Crippen molar-refractivity contribution in [2.24, 2.45) is 0 Å². The number of nitrogens with zero attached hydrogens (tertiary/aromatic N) is 1. The highest BCUT2D eigenvalue weighted by atomic mass is 19.1. The van der Waals surface area contributed by atoms with Gasteiger partial charge >= 0.3 is 0 Å². The average molecular weight is 370 g/mol. The summed E-state index contributed by atoms with van der Waals surface area (Å²) in [6, 6.07) is 23.4. The number of hydrogen-bond acceptors (Lipinski definition) is 2. The lowest BCUT2D eigenvalue weighted by molar-refractivity contribution is -0.112. The molecule has 0 aliphatic heterocycles. The number of nitrogens with one attached hydrogen (secondary N) is 1. The van der Waals surface area contributed by atoms with Gasteiger partial charge < -0.3 is 5.32 Å². The van der Waals surface area contributed by atoms with E-state index in [0.29, 0.717) is 17.7 Å². The smallest absolute Gasteiger partial charge is 0.266 e. The number of nitriles is 1. The largest absolute Gasteiger partial charge is 0.321 e. The molecule has 0 saturated heterocycles. The SMILES string of the molecule is Cc1cccc(NC(=O)/C(C#N)=C/c2ccc(Cc3ccccc3F)cc2)c1. The lowest BCUT2D eigenvalue weighted by Crippen LogP contribution is -2.13. The maximum Gasteiger partial charge on any atom is 0.266 e. The molecule has 1 amide bonds. The van der Waals surface area contributed by atoms with Gasteiger partial charge in [0, 0.05) is 12.1 Å². The van der Waals surface area contributed by atoms with E-state index in [2.05, 4.69) is 5.32 Å². The summed E-state index contributed by atoms with van der Waals surface area (Å²) in [6.07, 6.45) is 2.02. The quantitative estimate of drug-likeness (QED) is 0.491. The molecule has 28 heavy (non-hydrogen) atoms. The minimum Gasteiger partial charge on any atom is -0.321 e. The Labute approximate surface area is 163 Å². The summed E-state index contributed by atoms with van der Waals surface area (Å²) in [5.41, 5.74) is 3.99. The summed E-state index contributed by atoms with van der Waals surface area (Å²) in [5, 5.41) is 12.1. The van der Waals surface area contributed by atoms with Crippen molar-refractivity contribution in [3.05, 3.63) is 106 Å². The van der Waals surface area contributed by atoms with Gasteiger partial charge in [-0.25, -0.2) is 4.39 Å². The van der Waals surface area contributed by atoms with Gasteiger partial charge in [0.2, 0.25) is 0 Å². The van der Waals surface area contributed by atoms with Crippen LogP contribution >= 0.6 is 0 Å². The first-order valence-corrected chi connectivity index (χ1v) is 8.87. The summed E-state index contributed by atoms with van der Waals surface area (Å²) in [6.45, 7) is 1.93. The molecule has 0 fully saturated rings. The number of amides is 1. The molecule has 0 aromatic heterocycles. The van der Waals surface area contributed by atoms with Gasteiger partial charge in [-0.3, -0.25) is 4.79 Å². The molecule has 0 spiro atoms. The molecule has 0 unspecified atom stereocenters. The molecule has 3 aromatic carbocycles. The molecule has 0 radical (unpaired) electrons. The zero-order valence-electron chi connectivity index (χ0n) is 15.4. The Bertz CT molecular complexity index is 1060. The monoisotopic (exact) mass is 370 g/mol. The number of rotatable bonds is 5. The van der Waals surface area contributed by atoms with Gasteiger partial charge in [-0.2, -0.15) is 5.26 Å². The molecule has 3 rings (SSSR count). The van der Waals surface area contributed by atoms with Crippen LogP contribution in [0, 0.1) is 24.1 Å². The van der Waals surface area contributed by atoms with Crippen LogP contribution in [0.25, 0.3) is 6.08 Å². The first-order chi connectivity index (χ1) is 13.5. The molecule has 4 heteroatoms. The van der Waals surface area contributed by atoms with E-state index < -0.39 is 5.91 Å². The van der Waals surface area contributed by atoms with Crippen molar-refractivity contribution in [2.45, 2.75) is 13.3 Å². The third-order valence-electron chi connectivity index (χ3n) is 4.28. The van der Waals surface area contributed by atoms with Crippen LogP contribution in [0.1, 0.15) is 22.3 Å². The van der Waals surface area contributed by atoms with E-state index in [-0.39, 0.29) is 11.4 Å². The fourth-order valence-electron chi connectivity index (χ4n) is 2.83. The van der Waals surface area contributed by atoms with Crippen molar-refractivity contribution in [3.63, 3.8) is 0 Å². The lowest BCUT2D eigenvalue weighted by atomic mass is 10.0. The lowest BCUT2D eigenvalue weighted by Gasteiger charge is -2.06. The number of aryl methyl sites for hydroxylation is 1. The third kappa shape index (κ3) is 4.93. The fourth-order valence-corrected chi connectivity index (χ4v) is 2.83. The first kappa shape index (κ1) is 19.1. The number of benzene rings is 3. The van der Waals surface area contributed by atoms with Crippen molar-refractivity contribution in [2.75, 3.05) is 5.32 Å². The minimum absolute atomic E-state index is 0.0170. The van der Waals surface area contributed by atoms with Gasteiger partial charge in [0.1, 0.15) is 17.5 Å². The Balaban J connectivity index is 1.73. The summed E-state index contributed by atoms with van der Waals surface area (Å²) in [4.78, 5) is 12.4. The number of anilines is 1. The third-order valence-corrected chi connectivity index (χ3v) is 4.28. The molecular formula is C24H19FN2O. The molecule has 0 aliphatic carbocycles. The molecule has 3 nitrogen and oxygen atoms in total. The van der Waals surface area contributed by atoms with Crippen LogP contribution < -0.4 is 5.32 Å². The summed E-state index contributed by atoms with van der Waals surface area (Å²) < 4.78 is 13.8. The highest BCUT2D eigenvalue weighted by Crippen LogP contribution is 2.16. The van der Waals surface area contributed by atoms with Crippen LogP contribution in [0.5, 0.6) is 0 Å². The Kier molecular flexibility index (Phi) is 5.98. The van der Waals surface area contributed by atoms with Crippen molar-refractivity contribution in [1.29, 1.82) is 5.26 Å². The van der Waals surface area contributed by atoms with Crippen molar-refractivity contribution < 1.29 is 9.18 Å². The van der Waals surface area contributed by atoms with Gasteiger partial charge in [0.25, 0.3) is 5.91 Å². The fraction of sp³-hybridized carbons (Fsp3) is 0.0833. The van der Waals surface area contributed by atoms with Crippen molar-refractivity contribution in [3.8, 4) is 6.07 Å². The number of halogens is 1. The highest BCUT2D eigenvalue weighted by molar-refractivity contribution is 6.09. The highest BCUT2D eigenvalue weighted by Gasteiger charge is 2.10. The van der Waals surface area contributed by atoms with E-state index >= 15 is 0 Å². The standard InChI is InChI=1S/C24H19FN2O/c1-17-5-4-7-22(13-17)27-24(28)21(16-26)15-19-11-9-18(10-12-19)14-20-6-2-3-8-23(20)25/h2-13,15H,14H2,1H3,(H,27,28)/b21-15+. The van der Waals surface area contributed by atoms with E-state index in [1.807, 2.05) is 61.5 Å². The van der Waals surface area contributed by atoms with Gasteiger partial charge in [-0.1, -0.05) is 54.6 Å². The Hall–Kier alpha value is -3.71. The van der Waals surface area contributed by atoms with E-state index in [9.17, 15) is 14.4 Å². The molecule has 0 heterocycles. The number of carbonyl (C=O) groups is 1. The van der Waals surface area contributed by atoms with Crippen LogP contribution in [0.4, 0.5) is 10.1 Å². The molecule has 1 N–H and O–H groups in total. The molecule has 0 bridgehead atoms. The van der Waals surface area contributed by atoms with Gasteiger partial charge in [-0.15, -0.1) is 0 Å². The second-order valence-electron chi connectivity index (χ2n) is 6.50. The van der Waals surface area contributed by atoms with Crippen LogP contribution in [-0.2, 0) is 11.2 Å². The Morgan fingerprint density at radius 2 is 1.82 bits per heavy atom. The molecule has 138 valence electrons. The molecule has 0 atom stereocenters. The zero-order valence-corrected chi connectivity index (χ0v) is 15.4. The zero-order chi connectivity index (χ0) is 19.9. The predicted molar refractivity (Wildman–Crippen MR) is 109 cm³/mol. The van der Waals surface area contributed by atoms with Gasteiger partial charge in [0.05, 0.1) is 0 Å². The molecule has 3 aromatic rings. The van der Waals surface area contributed by atoms with E-state index in [0.717, 1.165) is 16.7 Å².